The van der Waals surface area contributed by atoms with Crippen LogP contribution in [0.1, 0.15) is 23.6 Å². The lowest BCUT2D eigenvalue weighted by atomic mass is 10.1. The molecule has 0 aliphatic carbocycles. The highest BCUT2D eigenvalue weighted by Gasteiger charge is 2.03. The van der Waals surface area contributed by atoms with Gasteiger partial charge in [0.2, 0.25) is 0 Å². The molecule has 18 heavy (non-hydrogen) atoms. The minimum atomic E-state index is -0.460. The molecule has 0 spiro atoms. The summed E-state index contributed by atoms with van der Waals surface area (Å²) in [5.74, 6) is -0.783. The fraction of sp³-hybridized carbons (Fsp3) is 0.286. The van der Waals surface area contributed by atoms with Crippen molar-refractivity contribution in [2.45, 2.75) is 27.1 Å². The molecule has 0 aliphatic heterocycles. The fourth-order valence-corrected chi connectivity index (χ4v) is 1.51. The summed E-state index contributed by atoms with van der Waals surface area (Å²) < 4.78 is 9.87. The molecule has 0 N–H and O–H groups in total. The second-order valence-corrected chi connectivity index (χ2v) is 3.92. The van der Waals surface area contributed by atoms with Gasteiger partial charge in [-0.2, -0.15) is 0 Å². The summed E-state index contributed by atoms with van der Waals surface area (Å²) in [5.41, 5.74) is 2.74. The van der Waals surface area contributed by atoms with Crippen molar-refractivity contribution in [2.75, 3.05) is 0 Å². The molecular weight excluding hydrogens is 232 g/mol. The summed E-state index contributed by atoms with van der Waals surface area (Å²) >= 11 is 0. The molecule has 1 aromatic carbocycles. The van der Waals surface area contributed by atoms with Gasteiger partial charge >= 0.3 is 11.9 Å². The van der Waals surface area contributed by atoms with Crippen LogP contribution in [0.4, 0.5) is 0 Å². The Hall–Kier alpha value is -2.10. The van der Waals surface area contributed by atoms with Gasteiger partial charge in [0.15, 0.2) is 0 Å². The first-order valence-corrected chi connectivity index (χ1v) is 5.53. The lowest BCUT2D eigenvalue weighted by molar-refractivity contribution is -0.142. The molecule has 4 heteroatoms. The van der Waals surface area contributed by atoms with E-state index in [9.17, 15) is 9.59 Å². The van der Waals surface area contributed by atoms with E-state index in [1.807, 2.05) is 25.1 Å². The Balaban J connectivity index is 2.70. The van der Waals surface area contributed by atoms with Crippen molar-refractivity contribution in [3.8, 4) is 0 Å². The van der Waals surface area contributed by atoms with E-state index in [4.69, 9.17) is 9.47 Å². The molecule has 0 saturated carbocycles. The van der Waals surface area contributed by atoms with Gasteiger partial charge in [0.25, 0.3) is 0 Å². The van der Waals surface area contributed by atoms with Crippen LogP contribution in [0.15, 0.2) is 30.9 Å². The standard InChI is InChI=1S/C14H16O4/c1-4-14(16)18-9-13-6-10(2)5-12(7-13)8-17-11(3)15/h4-7H,1,8-9H2,2-3H3. The molecule has 96 valence electrons. The molecule has 0 heterocycles. The van der Waals surface area contributed by atoms with Crippen molar-refractivity contribution in [3.63, 3.8) is 0 Å². The second kappa shape index (κ2) is 6.59. The van der Waals surface area contributed by atoms with E-state index in [1.54, 1.807) is 0 Å². The zero-order valence-corrected chi connectivity index (χ0v) is 10.6. The van der Waals surface area contributed by atoms with Gasteiger partial charge in [-0.1, -0.05) is 24.3 Å². The Morgan fingerprint density at radius 2 is 1.72 bits per heavy atom. The SMILES string of the molecule is C=CC(=O)OCc1cc(C)cc(COC(C)=O)c1. The van der Waals surface area contributed by atoms with Crippen LogP contribution in [-0.4, -0.2) is 11.9 Å². The molecule has 0 unspecified atom stereocenters. The first-order chi connectivity index (χ1) is 8.51. The quantitative estimate of drug-likeness (QED) is 0.592. The number of benzene rings is 1. The summed E-state index contributed by atoms with van der Waals surface area (Å²) in [5, 5.41) is 0. The molecule has 0 fully saturated rings. The number of carbonyl (C=O) groups excluding carboxylic acids is 2. The first-order valence-electron chi connectivity index (χ1n) is 5.53. The predicted octanol–water partition coefficient (Wildman–Crippen LogP) is 2.29. The summed E-state index contributed by atoms with van der Waals surface area (Å²) in [6, 6.07) is 5.67. The van der Waals surface area contributed by atoms with Crippen LogP contribution >= 0.6 is 0 Å². The van der Waals surface area contributed by atoms with Crippen LogP contribution < -0.4 is 0 Å². The maximum atomic E-state index is 11.0. The molecule has 0 atom stereocenters. The van der Waals surface area contributed by atoms with Gasteiger partial charge in [-0.3, -0.25) is 4.79 Å². The largest absolute Gasteiger partial charge is 0.461 e. The maximum absolute atomic E-state index is 11.0. The number of carbonyl (C=O) groups is 2. The van der Waals surface area contributed by atoms with E-state index in [2.05, 4.69) is 6.58 Å². The van der Waals surface area contributed by atoms with Gasteiger partial charge in [0.1, 0.15) is 13.2 Å². The molecule has 0 saturated heterocycles. The molecule has 1 rings (SSSR count). The molecule has 4 nitrogen and oxygen atoms in total. The predicted molar refractivity (Wildman–Crippen MR) is 66.6 cm³/mol. The van der Waals surface area contributed by atoms with Gasteiger partial charge in [-0.25, -0.2) is 4.79 Å². The summed E-state index contributed by atoms with van der Waals surface area (Å²) in [6.45, 7) is 7.02. The maximum Gasteiger partial charge on any atom is 0.330 e. The van der Waals surface area contributed by atoms with Crippen molar-refractivity contribution in [1.29, 1.82) is 0 Å². The average molecular weight is 248 g/mol. The highest BCUT2D eigenvalue weighted by atomic mass is 16.5. The molecule has 1 aromatic rings. The van der Waals surface area contributed by atoms with Gasteiger partial charge in [-0.05, 0) is 24.1 Å². The van der Waals surface area contributed by atoms with Crippen molar-refractivity contribution < 1.29 is 19.1 Å². The van der Waals surface area contributed by atoms with E-state index in [-0.39, 0.29) is 19.2 Å². The minimum absolute atomic E-state index is 0.180. The first kappa shape index (κ1) is 14.0. The van der Waals surface area contributed by atoms with E-state index in [1.165, 1.54) is 6.92 Å². The van der Waals surface area contributed by atoms with Crippen LogP contribution in [0.2, 0.25) is 0 Å². The number of rotatable bonds is 5. The van der Waals surface area contributed by atoms with Gasteiger partial charge in [0.05, 0.1) is 0 Å². The highest BCUT2D eigenvalue weighted by molar-refractivity contribution is 5.81. The molecule has 0 bridgehead atoms. The fourth-order valence-electron chi connectivity index (χ4n) is 1.51. The minimum Gasteiger partial charge on any atom is -0.461 e. The average Bonchev–Trinajstić information content (AvgIpc) is 2.33. The van der Waals surface area contributed by atoms with E-state index in [0.29, 0.717) is 0 Å². The number of aryl methyl sites for hydroxylation is 1. The van der Waals surface area contributed by atoms with Gasteiger partial charge in [-0.15, -0.1) is 0 Å². The molecule has 0 aromatic heterocycles. The number of esters is 2. The topological polar surface area (TPSA) is 52.6 Å². The van der Waals surface area contributed by atoms with Crippen LogP contribution in [0.3, 0.4) is 0 Å². The van der Waals surface area contributed by atoms with Crippen molar-refractivity contribution in [2.24, 2.45) is 0 Å². The van der Waals surface area contributed by atoms with Crippen LogP contribution in [0, 0.1) is 6.92 Å². The monoisotopic (exact) mass is 248 g/mol. The highest BCUT2D eigenvalue weighted by Crippen LogP contribution is 2.12. The summed E-state index contributed by atoms with van der Waals surface area (Å²) in [4.78, 5) is 21.7. The molecule has 0 amide bonds. The van der Waals surface area contributed by atoms with Crippen LogP contribution in [0.25, 0.3) is 0 Å². The van der Waals surface area contributed by atoms with Crippen LogP contribution in [0.5, 0.6) is 0 Å². The third kappa shape index (κ3) is 4.82. The Kier molecular flexibility index (Phi) is 5.11. The van der Waals surface area contributed by atoms with Crippen molar-refractivity contribution in [3.05, 3.63) is 47.5 Å². The van der Waals surface area contributed by atoms with Crippen molar-refractivity contribution >= 4 is 11.9 Å². The lowest BCUT2D eigenvalue weighted by Crippen LogP contribution is -2.03. The Labute approximate surface area is 106 Å². The summed E-state index contributed by atoms with van der Waals surface area (Å²) in [7, 11) is 0. The molecule has 0 aliphatic rings. The second-order valence-electron chi connectivity index (χ2n) is 3.92. The van der Waals surface area contributed by atoms with Gasteiger partial charge in [0, 0.05) is 13.0 Å². The van der Waals surface area contributed by atoms with Crippen molar-refractivity contribution in [1.82, 2.24) is 0 Å². The van der Waals surface area contributed by atoms with E-state index < -0.39 is 5.97 Å². The third-order valence-electron chi connectivity index (χ3n) is 2.19. The van der Waals surface area contributed by atoms with Crippen LogP contribution in [-0.2, 0) is 32.3 Å². The number of hydrogen-bond acceptors (Lipinski definition) is 4. The van der Waals surface area contributed by atoms with E-state index >= 15 is 0 Å². The zero-order valence-electron chi connectivity index (χ0n) is 10.6. The molecular formula is C14H16O4. The third-order valence-corrected chi connectivity index (χ3v) is 2.19. The number of ether oxygens (including phenoxy) is 2. The lowest BCUT2D eigenvalue weighted by Gasteiger charge is -2.08. The zero-order chi connectivity index (χ0) is 13.5. The molecule has 0 radical (unpaired) electrons. The number of hydrogen-bond donors (Lipinski definition) is 0. The normalized spacial score (nSPS) is 9.67. The Morgan fingerprint density at radius 1 is 1.17 bits per heavy atom. The van der Waals surface area contributed by atoms with Gasteiger partial charge < -0.3 is 9.47 Å². The van der Waals surface area contributed by atoms with E-state index in [0.717, 1.165) is 22.8 Å². The smallest absolute Gasteiger partial charge is 0.330 e. The summed E-state index contributed by atoms with van der Waals surface area (Å²) in [6.07, 6.45) is 1.12. The Morgan fingerprint density at radius 3 is 2.22 bits per heavy atom. The Bertz CT molecular complexity index is 463.